The number of hydrogen-bond donors (Lipinski definition) is 1. The summed E-state index contributed by atoms with van der Waals surface area (Å²) in [7, 11) is 0. The first-order valence-corrected chi connectivity index (χ1v) is 7.37. The highest BCUT2D eigenvalue weighted by Crippen LogP contribution is 2.29. The lowest BCUT2D eigenvalue weighted by Gasteiger charge is -2.08. The summed E-state index contributed by atoms with van der Waals surface area (Å²) < 4.78 is 0. The zero-order valence-corrected chi connectivity index (χ0v) is 12.3. The van der Waals surface area contributed by atoms with Crippen LogP contribution >= 0.6 is 23.4 Å². The molecule has 0 saturated carbocycles. The summed E-state index contributed by atoms with van der Waals surface area (Å²) in [6.07, 6.45) is 5.43. The van der Waals surface area contributed by atoms with Crippen molar-refractivity contribution in [3.63, 3.8) is 0 Å². The third kappa shape index (κ3) is 4.20. The van der Waals surface area contributed by atoms with E-state index in [1.165, 1.54) is 11.8 Å². The Hall–Kier alpha value is -1.10. The molecule has 0 radical (unpaired) electrons. The van der Waals surface area contributed by atoms with Crippen LogP contribution < -0.4 is 5.73 Å². The van der Waals surface area contributed by atoms with Gasteiger partial charge in [0, 0.05) is 18.4 Å². The quantitative estimate of drug-likeness (QED) is 0.916. The van der Waals surface area contributed by atoms with E-state index in [0.717, 1.165) is 28.5 Å². The van der Waals surface area contributed by atoms with E-state index in [0.29, 0.717) is 5.02 Å². The highest BCUT2D eigenvalue weighted by molar-refractivity contribution is 7.99. The molecule has 2 heterocycles. The summed E-state index contributed by atoms with van der Waals surface area (Å²) in [6.45, 7) is 2.09. The SMILES string of the molecule is CCC(N)Cc1ccc(Sc2ncccc2Cl)nc1. The van der Waals surface area contributed by atoms with Gasteiger partial charge in [-0.05, 0) is 48.4 Å². The monoisotopic (exact) mass is 293 g/mol. The van der Waals surface area contributed by atoms with Crippen LogP contribution in [-0.2, 0) is 6.42 Å². The standard InChI is InChI=1S/C14H16ClN3S/c1-2-11(16)8-10-5-6-13(18-9-10)19-14-12(15)4-3-7-17-14/h3-7,9,11H,2,8,16H2,1H3. The zero-order valence-electron chi connectivity index (χ0n) is 10.7. The molecule has 0 aliphatic rings. The Morgan fingerprint density at radius 3 is 2.79 bits per heavy atom. The lowest BCUT2D eigenvalue weighted by Crippen LogP contribution is -2.21. The smallest absolute Gasteiger partial charge is 0.121 e. The third-order valence-electron chi connectivity index (χ3n) is 2.75. The fourth-order valence-electron chi connectivity index (χ4n) is 1.58. The van der Waals surface area contributed by atoms with Crippen LogP contribution in [0.5, 0.6) is 0 Å². The third-order valence-corrected chi connectivity index (χ3v) is 4.13. The van der Waals surface area contributed by atoms with Crippen LogP contribution in [0.25, 0.3) is 0 Å². The van der Waals surface area contributed by atoms with E-state index in [1.807, 2.05) is 24.4 Å². The normalized spacial score (nSPS) is 12.4. The van der Waals surface area contributed by atoms with E-state index in [1.54, 1.807) is 6.20 Å². The summed E-state index contributed by atoms with van der Waals surface area (Å²) in [5, 5.41) is 2.30. The number of hydrogen-bond acceptors (Lipinski definition) is 4. The molecule has 2 aromatic rings. The summed E-state index contributed by atoms with van der Waals surface area (Å²) in [4.78, 5) is 8.64. The molecular weight excluding hydrogens is 278 g/mol. The minimum Gasteiger partial charge on any atom is -0.327 e. The average molecular weight is 294 g/mol. The van der Waals surface area contributed by atoms with Gasteiger partial charge in [0.25, 0.3) is 0 Å². The van der Waals surface area contributed by atoms with E-state index in [2.05, 4.69) is 23.0 Å². The summed E-state index contributed by atoms with van der Waals surface area (Å²) in [6, 6.07) is 7.88. The number of nitrogens with two attached hydrogens (primary N) is 1. The zero-order chi connectivity index (χ0) is 13.7. The molecule has 0 fully saturated rings. The predicted molar refractivity (Wildman–Crippen MR) is 79.6 cm³/mol. The Kier molecular flexibility index (Phi) is 5.19. The molecule has 0 amide bonds. The molecule has 2 N–H and O–H groups in total. The van der Waals surface area contributed by atoms with Crippen LogP contribution in [0.3, 0.4) is 0 Å². The average Bonchev–Trinajstić information content (AvgIpc) is 2.43. The van der Waals surface area contributed by atoms with Crippen LogP contribution in [0, 0.1) is 0 Å². The van der Waals surface area contributed by atoms with Crippen LogP contribution in [0.2, 0.25) is 5.02 Å². The first kappa shape index (κ1) is 14.3. The number of nitrogens with zero attached hydrogens (tertiary/aromatic N) is 2. The first-order valence-electron chi connectivity index (χ1n) is 6.18. The molecule has 0 saturated heterocycles. The number of pyridine rings is 2. The molecule has 0 aliphatic carbocycles. The van der Waals surface area contributed by atoms with Gasteiger partial charge in [0.1, 0.15) is 10.1 Å². The highest BCUT2D eigenvalue weighted by Gasteiger charge is 2.06. The van der Waals surface area contributed by atoms with Crippen LogP contribution in [-0.4, -0.2) is 16.0 Å². The Bertz CT molecular complexity index is 530. The summed E-state index contributed by atoms with van der Waals surface area (Å²) in [5.74, 6) is 0. The van der Waals surface area contributed by atoms with Gasteiger partial charge in [0.15, 0.2) is 0 Å². The molecule has 0 bridgehead atoms. The van der Waals surface area contributed by atoms with Gasteiger partial charge in [-0.2, -0.15) is 0 Å². The van der Waals surface area contributed by atoms with Gasteiger partial charge < -0.3 is 5.73 Å². The summed E-state index contributed by atoms with van der Waals surface area (Å²) >= 11 is 7.53. The van der Waals surface area contributed by atoms with Crippen molar-refractivity contribution in [2.45, 2.75) is 35.9 Å². The second-order valence-electron chi connectivity index (χ2n) is 4.27. The lowest BCUT2D eigenvalue weighted by atomic mass is 10.1. The summed E-state index contributed by atoms with van der Waals surface area (Å²) in [5.41, 5.74) is 7.08. The molecule has 2 aromatic heterocycles. The van der Waals surface area contributed by atoms with E-state index in [4.69, 9.17) is 17.3 Å². The molecule has 3 nitrogen and oxygen atoms in total. The second kappa shape index (κ2) is 6.89. The van der Waals surface area contributed by atoms with Crippen LogP contribution in [0.1, 0.15) is 18.9 Å². The topological polar surface area (TPSA) is 51.8 Å². The van der Waals surface area contributed by atoms with Crippen molar-refractivity contribution in [1.82, 2.24) is 9.97 Å². The Labute approximate surface area is 122 Å². The molecule has 0 aliphatic heterocycles. The number of rotatable bonds is 5. The minimum absolute atomic E-state index is 0.200. The van der Waals surface area contributed by atoms with Gasteiger partial charge in [-0.15, -0.1) is 0 Å². The predicted octanol–water partition coefficient (Wildman–Crippen LogP) is 3.56. The number of halogens is 1. The highest BCUT2D eigenvalue weighted by atomic mass is 35.5. The van der Waals surface area contributed by atoms with E-state index < -0.39 is 0 Å². The van der Waals surface area contributed by atoms with Gasteiger partial charge >= 0.3 is 0 Å². The fourth-order valence-corrected chi connectivity index (χ4v) is 2.54. The molecular formula is C14H16ClN3S. The first-order chi connectivity index (χ1) is 9.19. The van der Waals surface area contributed by atoms with Crippen molar-refractivity contribution >= 4 is 23.4 Å². The van der Waals surface area contributed by atoms with Crippen molar-refractivity contribution in [2.75, 3.05) is 0 Å². The van der Waals surface area contributed by atoms with Crippen LogP contribution in [0.4, 0.5) is 0 Å². The van der Waals surface area contributed by atoms with Crippen molar-refractivity contribution in [2.24, 2.45) is 5.73 Å². The van der Waals surface area contributed by atoms with Crippen molar-refractivity contribution in [3.8, 4) is 0 Å². The molecule has 1 unspecified atom stereocenters. The van der Waals surface area contributed by atoms with Crippen molar-refractivity contribution < 1.29 is 0 Å². The second-order valence-corrected chi connectivity index (χ2v) is 5.69. The van der Waals surface area contributed by atoms with E-state index in [-0.39, 0.29) is 6.04 Å². The maximum absolute atomic E-state index is 6.07. The Morgan fingerprint density at radius 2 is 2.16 bits per heavy atom. The molecule has 100 valence electrons. The van der Waals surface area contributed by atoms with Gasteiger partial charge in [-0.1, -0.05) is 24.6 Å². The van der Waals surface area contributed by atoms with Crippen LogP contribution in [0.15, 0.2) is 46.7 Å². The van der Waals surface area contributed by atoms with Gasteiger partial charge in [0.05, 0.1) is 5.02 Å². The maximum Gasteiger partial charge on any atom is 0.121 e. The molecule has 1 atom stereocenters. The molecule has 0 spiro atoms. The Balaban J connectivity index is 2.05. The Morgan fingerprint density at radius 1 is 1.32 bits per heavy atom. The molecule has 5 heteroatoms. The van der Waals surface area contributed by atoms with Crippen molar-refractivity contribution in [3.05, 3.63) is 47.2 Å². The lowest BCUT2D eigenvalue weighted by molar-refractivity contribution is 0.644. The maximum atomic E-state index is 6.07. The van der Waals surface area contributed by atoms with Gasteiger partial charge in [-0.25, -0.2) is 9.97 Å². The molecule has 0 aromatic carbocycles. The van der Waals surface area contributed by atoms with Crippen molar-refractivity contribution in [1.29, 1.82) is 0 Å². The largest absolute Gasteiger partial charge is 0.327 e. The minimum atomic E-state index is 0.200. The number of aromatic nitrogens is 2. The van der Waals surface area contributed by atoms with Gasteiger partial charge in [0.2, 0.25) is 0 Å². The molecule has 19 heavy (non-hydrogen) atoms. The molecule has 2 rings (SSSR count). The fraction of sp³-hybridized carbons (Fsp3) is 0.286. The van der Waals surface area contributed by atoms with E-state index in [9.17, 15) is 0 Å². The van der Waals surface area contributed by atoms with E-state index >= 15 is 0 Å². The van der Waals surface area contributed by atoms with Gasteiger partial charge in [-0.3, -0.25) is 0 Å².